The van der Waals surface area contributed by atoms with Gasteiger partial charge in [0.25, 0.3) is 0 Å². The summed E-state index contributed by atoms with van der Waals surface area (Å²) in [6.07, 6.45) is 2.31. The molecule has 2 unspecified atom stereocenters. The van der Waals surface area contributed by atoms with Crippen molar-refractivity contribution in [1.82, 2.24) is 0 Å². The molecule has 0 saturated heterocycles. The van der Waals surface area contributed by atoms with Crippen LogP contribution in [0.15, 0.2) is 35.3 Å². The Morgan fingerprint density at radius 1 is 1.44 bits per heavy atom. The van der Waals surface area contributed by atoms with Gasteiger partial charge >= 0.3 is 0 Å². The van der Waals surface area contributed by atoms with E-state index in [1.54, 1.807) is 0 Å². The van der Waals surface area contributed by atoms with Crippen molar-refractivity contribution in [2.75, 3.05) is 6.61 Å². The molecule has 0 N–H and O–H groups in total. The summed E-state index contributed by atoms with van der Waals surface area (Å²) >= 11 is 3.68. The van der Waals surface area contributed by atoms with E-state index in [1.807, 2.05) is 30.3 Å². The van der Waals surface area contributed by atoms with Crippen LogP contribution in [0.1, 0.15) is 25.3 Å². The molecule has 0 amide bonds. The summed E-state index contributed by atoms with van der Waals surface area (Å²) in [4.78, 5) is 5.05. The molecule has 2 rings (SSSR count). The van der Waals surface area contributed by atoms with Crippen LogP contribution in [0.2, 0.25) is 0 Å². The summed E-state index contributed by atoms with van der Waals surface area (Å²) in [5.41, 5.74) is 1.07. The van der Waals surface area contributed by atoms with Crippen LogP contribution in [0.3, 0.4) is 0 Å². The summed E-state index contributed by atoms with van der Waals surface area (Å²) in [6, 6.07) is 10.3. The molecule has 0 fully saturated rings. The predicted octanol–water partition coefficient (Wildman–Crippen LogP) is 3.40. The Morgan fingerprint density at radius 3 is 2.88 bits per heavy atom. The highest BCUT2D eigenvalue weighted by atomic mass is 79.9. The molecular weight excluding hydrogens is 266 g/mol. The highest BCUT2D eigenvalue weighted by Crippen LogP contribution is 2.21. The lowest BCUT2D eigenvalue weighted by molar-refractivity contribution is 0.313. The van der Waals surface area contributed by atoms with E-state index in [0.717, 1.165) is 17.9 Å². The molecule has 1 aromatic carbocycles. The molecule has 16 heavy (non-hydrogen) atoms. The highest BCUT2D eigenvalue weighted by Gasteiger charge is 2.25. The first-order chi connectivity index (χ1) is 7.81. The standard InChI is InChI=1S/C13H16BrNO/c1-2-6-11(14)12-9-16-13(15-12)10-7-4-3-5-8-10/h3-5,7-8,11-12H,2,6,9H2,1H3. The minimum atomic E-state index is 0.259. The molecule has 0 radical (unpaired) electrons. The highest BCUT2D eigenvalue weighted by molar-refractivity contribution is 9.09. The molecule has 1 heterocycles. The van der Waals surface area contributed by atoms with E-state index in [0.29, 0.717) is 11.4 Å². The van der Waals surface area contributed by atoms with Gasteiger partial charge in [0.1, 0.15) is 12.6 Å². The molecule has 86 valence electrons. The minimum Gasteiger partial charge on any atom is -0.475 e. The summed E-state index contributed by atoms with van der Waals surface area (Å²) < 4.78 is 5.64. The third kappa shape index (κ3) is 2.64. The van der Waals surface area contributed by atoms with E-state index in [9.17, 15) is 0 Å². The monoisotopic (exact) mass is 281 g/mol. The van der Waals surface area contributed by atoms with E-state index < -0.39 is 0 Å². The second-order valence-corrected chi connectivity index (χ2v) is 5.16. The molecule has 0 aliphatic carbocycles. The number of hydrogen-bond donors (Lipinski definition) is 0. The van der Waals surface area contributed by atoms with Gasteiger partial charge in [0.2, 0.25) is 5.90 Å². The normalized spacial score (nSPS) is 21.4. The molecule has 0 aromatic heterocycles. The van der Waals surface area contributed by atoms with Crippen molar-refractivity contribution in [1.29, 1.82) is 0 Å². The van der Waals surface area contributed by atoms with Crippen molar-refractivity contribution in [3.8, 4) is 0 Å². The van der Waals surface area contributed by atoms with Crippen LogP contribution in [-0.2, 0) is 4.74 Å². The van der Waals surface area contributed by atoms with Crippen molar-refractivity contribution in [2.45, 2.75) is 30.6 Å². The number of rotatable bonds is 4. The van der Waals surface area contributed by atoms with Crippen LogP contribution < -0.4 is 0 Å². The van der Waals surface area contributed by atoms with Gasteiger partial charge in [0.15, 0.2) is 0 Å². The van der Waals surface area contributed by atoms with Gasteiger partial charge in [-0.3, -0.25) is 0 Å². The van der Waals surface area contributed by atoms with Gasteiger partial charge in [0.05, 0.1) is 0 Å². The number of aliphatic imine (C=N–C) groups is 1. The van der Waals surface area contributed by atoms with E-state index in [2.05, 4.69) is 27.8 Å². The number of nitrogens with zero attached hydrogens (tertiary/aromatic N) is 1. The third-order valence-electron chi connectivity index (χ3n) is 2.68. The first-order valence-corrected chi connectivity index (χ1v) is 6.63. The molecule has 2 nitrogen and oxygen atoms in total. The van der Waals surface area contributed by atoms with Crippen LogP contribution >= 0.6 is 15.9 Å². The van der Waals surface area contributed by atoms with Crippen LogP contribution in [0.5, 0.6) is 0 Å². The van der Waals surface area contributed by atoms with E-state index >= 15 is 0 Å². The molecule has 3 heteroatoms. The summed E-state index contributed by atoms with van der Waals surface area (Å²) in [5, 5.41) is 0. The minimum absolute atomic E-state index is 0.259. The summed E-state index contributed by atoms with van der Waals surface area (Å²) in [6.45, 7) is 2.88. The molecule has 2 atom stereocenters. The predicted molar refractivity (Wildman–Crippen MR) is 70.3 cm³/mol. The Labute approximate surface area is 105 Å². The lowest BCUT2D eigenvalue weighted by Gasteiger charge is -2.11. The first-order valence-electron chi connectivity index (χ1n) is 5.71. The van der Waals surface area contributed by atoms with Gasteiger partial charge in [-0.15, -0.1) is 0 Å². The zero-order valence-electron chi connectivity index (χ0n) is 9.40. The van der Waals surface area contributed by atoms with Crippen molar-refractivity contribution >= 4 is 21.8 Å². The molecule has 1 aromatic rings. The fraction of sp³-hybridized carbons (Fsp3) is 0.462. The molecule has 0 bridgehead atoms. The largest absolute Gasteiger partial charge is 0.475 e. The van der Waals surface area contributed by atoms with Gasteiger partial charge in [-0.1, -0.05) is 47.5 Å². The summed E-state index contributed by atoms with van der Waals surface area (Å²) in [7, 11) is 0. The number of benzene rings is 1. The quantitative estimate of drug-likeness (QED) is 0.776. The number of hydrogen-bond acceptors (Lipinski definition) is 2. The molecule has 1 aliphatic rings. The van der Waals surface area contributed by atoms with Crippen molar-refractivity contribution in [3.63, 3.8) is 0 Å². The maximum absolute atomic E-state index is 5.64. The number of ether oxygens (including phenoxy) is 1. The number of halogens is 1. The van der Waals surface area contributed by atoms with Gasteiger partial charge < -0.3 is 4.74 Å². The van der Waals surface area contributed by atoms with Crippen LogP contribution in [0.25, 0.3) is 0 Å². The SMILES string of the molecule is CCCC(Br)C1COC(c2ccccc2)=N1. The lowest BCUT2D eigenvalue weighted by Crippen LogP contribution is -2.19. The zero-order valence-corrected chi connectivity index (χ0v) is 11.0. The average molecular weight is 282 g/mol. The lowest BCUT2D eigenvalue weighted by atomic mass is 10.1. The van der Waals surface area contributed by atoms with Gasteiger partial charge in [-0.2, -0.15) is 0 Å². The molecular formula is C13H16BrNO. The van der Waals surface area contributed by atoms with Crippen molar-refractivity contribution in [3.05, 3.63) is 35.9 Å². The third-order valence-corrected chi connectivity index (χ3v) is 3.74. The second-order valence-electron chi connectivity index (χ2n) is 3.98. The second kappa shape index (κ2) is 5.48. The van der Waals surface area contributed by atoms with Crippen LogP contribution in [0.4, 0.5) is 0 Å². The Balaban J connectivity index is 2.06. The maximum Gasteiger partial charge on any atom is 0.216 e. The maximum atomic E-state index is 5.64. The Hall–Kier alpha value is -0.830. The van der Waals surface area contributed by atoms with Crippen molar-refractivity contribution < 1.29 is 4.74 Å². The van der Waals surface area contributed by atoms with Crippen LogP contribution in [-0.4, -0.2) is 23.4 Å². The molecule has 0 saturated carbocycles. The van der Waals surface area contributed by atoms with E-state index in [-0.39, 0.29) is 6.04 Å². The fourth-order valence-corrected chi connectivity index (χ4v) is 2.51. The first kappa shape index (κ1) is 11.6. The Bertz CT molecular complexity index is 363. The van der Waals surface area contributed by atoms with Gasteiger partial charge in [0, 0.05) is 10.4 Å². The molecule has 1 aliphatic heterocycles. The van der Waals surface area contributed by atoms with Crippen LogP contribution in [0, 0.1) is 0 Å². The average Bonchev–Trinajstić information content (AvgIpc) is 2.80. The Kier molecular flexibility index (Phi) is 3.99. The molecule has 0 spiro atoms. The van der Waals surface area contributed by atoms with Gasteiger partial charge in [-0.05, 0) is 18.6 Å². The Morgan fingerprint density at radius 2 is 2.19 bits per heavy atom. The zero-order chi connectivity index (χ0) is 11.4. The van der Waals surface area contributed by atoms with E-state index in [1.165, 1.54) is 6.42 Å². The summed E-state index contributed by atoms with van der Waals surface area (Å²) in [5.74, 6) is 0.783. The smallest absolute Gasteiger partial charge is 0.216 e. The topological polar surface area (TPSA) is 21.6 Å². The van der Waals surface area contributed by atoms with Gasteiger partial charge in [-0.25, -0.2) is 4.99 Å². The van der Waals surface area contributed by atoms with E-state index in [4.69, 9.17) is 4.74 Å². The fourth-order valence-electron chi connectivity index (χ4n) is 1.78. The van der Waals surface area contributed by atoms with Crippen molar-refractivity contribution in [2.24, 2.45) is 4.99 Å². The number of alkyl halides is 1.